The van der Waals surface area contributed by atoms with Gasteiger partial charge < -0.3 is 4.74 Å². The minimum atomic E-state index is 0.968. The first-order valence-electron chi connectivity index (χ1n) is 6.58. The molecule has 3 aromatic rings. The fourth-order valence-corrected chi connectivity index (χ4v) is 3.44. The van der Waals surface area contributed by atoms with E-state index in [1.807, 2.05) is 6.07 Å². The van der Waals surface area contributed by atoms with E-state index in [2.05, 4.69) is 60.8 Å². The van der Waals surface area contributed by atoms with Gasteiger partial charge in [0.05, 0.1) is 12.0 Å². The maximum atomic E-state index is 5.69. The first-order valence-corrected chi connectivity index (χ1v) is 7.46. The third-order valence-corrected chi connectivity index (χ3v) is 4.43. The zero-order valence-corrected chi connectivity index (χ0v) is 12.4. The van der Waals surface area contributed by atoms with Crippen molar-refractivity contribution in [1.82, 2.24) is 0 Å². The van der Waals surface area contributed by atoms with Gasteiger partial charge in [-0.1, -0.05) is 54.6 Å². The summed E-state index contributed by atoms with van der Waals surface area (Å²) in [5, 5.41) is 2.18. The van der Waals surface area contributed by atoms with E-state index in [4.69, 9.17) is 4.74 Å². The van der Waals surface area contributed by atoms with Crippen molar-refractivity contribution in [3.8, 4) is 27.3 Å². The number of ether oxygens (including phenoxy) is 1. The first kappa shape index (κ1) is 12.9. The molecule has 0 fully saturated rings. The molecule has 0 spiro atoms. The van der Waals surface area contributed by atoms with Crippen LogP contribution in [0.15, 0.2) is 60.0 Å². The molecule has 20 heavy (non-hydrogen) atoms. The van der Waals surface area contributed by atoms with Gasteiger partial charge in [0.2, 0.25) is 0 Å². The number of hydrogen-bond donors (Lipinski definition) is 0. The molecule has 0 unspecified atom stereocenters. The summed E-state index contributed by atoms with van der Waals surface area (Å²) < 4.78 is 5.69. The second kappa shape index (κ2) is 5.51. The lowest BCUT2D eigenvalue weighted by molar-refractivity contribution is 0.419. The number of hydrogen-bond acceptors (Lipinski definition) is 2. The van der Waals surface area contributed by atoms with Crippen LogP contribution in [0.3, 0.4) is 0 Å². The summed E-state index contributed by atoms with van der Waals surface area (Å²) in [6.07, 6.45) is 0. The van der Waals surface area contributed by atoms with Gasteiger partial charge in [0.25, 0.3) is 0 Å². The molecule has 0 aliphatic heterocycles. The van der Waals surface area contributed by atoms with Crippen LogP contribution in [-0.2, 0) is 0 Å². The Labute approximate surface area is 123 Å². The van der Waals surface area contributed by atoms with Gasteiger partial charge in [-0.25, -0.2) is 0 Å². The van der Waals surface area contributed by atoms with Crippen LogP contribution in [0.1, 0.15) is 5.56 Å². The smallest absolute Gasteiger partial charge is 0.145 e. The van der Waals surface area contributed by atoms with Crippen molar-refractivity contribution in [3.63, 3.8) is 0 Å². The highest BCUT2D eigenvalue weighted by Crippen LogP contribution is 2.44. The lowest BCUT2D eigenvalue weighted by Gasteiger charge is -2.08. The van der Waals surface area contributed by atoms with Crippen LogP contribution in [0.4, 0.5) is 0 Å². The Morgan fingerprint density at radius 3 is 2.25 bits per heavy atom. The molecule has 0 saturated heterocycles. The van der Waals surface area contributed by atoms with Crippen LogP contribution in [0.5, 0.6) is 5.75 Å². The van der Waals surface area contributed by atoms with E-state index in [0.717, 1.165) is 5.75 Å². The van der Waals surface area contributed by atoms with Crippen molar-refractivity contribution in [2.24, 2.45) is 0 Å². The van der Waals surface area contributed by atoms with Crippen LogP contribution in [0, 0.1) is 6.92 Å². The van der Waals surface area contributed by atoms with Gasteiger partial charge in [-0.05, 0) is 23.6 Å². The van der Waals surface area contributed by atoms with Gasteiger partial charge in [-0.3, -0.25) is 0 Å². The fourth-order valence-electron chi connectivity index (χ4n) is 2.40. The minimum Gasteiger partial charge on any atom is -0.495 e. The summed E-state index contributed by atoms with van der Waals surface area (Å²) in [6, 6.07) is 18.8. The highest BCUT2D eigenvalue weighted by atomic mass is 32.1. The van der Waals surface area contributed by atoms with E-state index >= 15 is 0 Å². The van der Waals surface area contributed by atoms with Crippen molar-refractivity contribution in [2.75, 3.05) is 7.11 Å². The number of rotatable bonds is 3. The Hall–Kier alpha value is -2.06. The van der Waals surface area contributed by atoms with Crippen molar-refractivity contribution < 1.29 is 4.74 Å². The standard InChI is InChI=1S/C18H16OS/c1-13-8-6-7-11-15(13)16-12-20-18(17(16)19-2)14-9-4-3-5-10-14/h3-12H,1-2H3. The van der Waals surface area contributed by atoms with Crippen LogP contribution in [0.25, 0.3) is 21.6 Å². The van der Waals surface area contributed by atoms with Crippen molar-refractivity contribution in [1.29, 1.82) is 0 Å². The summed E-state index contributed by atoms with van der Waals surface area (Å²) >= 11 is 1.73. The second-order valence-electron chi connectivity index (χ2n) is 4.69. The normalized spacial score (nSPS) is 10.5. The predicted molar refractivity (Wildman–Crippen MR) is 86.5 cm³/mol. The van der Waals surface area contributed by atoms with Gasteiger partial charge >= 0.3 is 0 Å². The second-order valence-corrected chi connectivity index (χ2v) is 5.57. The van der Waals surface area contributed by atoms with Gasteiger partial charge in [0.15, 0.2) is 0 Å². The van der Waals surface area contributed by atoms with Gasteiger partial charge in [-0.15, -0.1) is 11.3 Å². The Morgan fingerprint density at radius 2 is 1.55 bits per heavy atom. The maximum absolute atomic E-state index is 5.69. The molecule has 2 aromatic carbocycles. The average molecular weight is 280 g/mol. The number of methoxy groups -OCH3 is 1. The van der Waals surface area contributed by atoms with E-state index in [9.17, 15) is 0 Å². The molecule has 1 heterocycles. The first-order chi connectivity index (χ1) is 9.81. The van der Waals surface area contributed by atoms with Crippen LogP contribution in [-0.4, -0.2) is 7.11 Å². The Morgan fingerprint density at radius 1 is 0.850 bits per heavy atom. The fraction of sp³-hybridized carbons (Fsp3) is 0.111. The van der Waals surface area contributed by atoms with E-state index < -0.39 is 0 Å². The quantitative estimate of drug-likeness (QED) is 0.624. The highest BCUT2D eigenvalue weighted by molar-refractivity contribution is 7.14. The zero-order chi connectivity index (χ0) is 13.9. The Bertz CT molecular complexity index is 713. The number of thiophene rings is 1. The molecule has 0 atom stereocenters. The third-order valence-electron chi connectivity index (χ3n) is 3.42. The van der Waals surface area contributed by atoms with E-state index in [1.165, 1.54) is 27.1 Å². The Kier molecular flexibility index (Phi) is 3.57. The topological polar surface area (TPSA) is 9.23 Å². The molecule has 1 aromatic heterocycles. The third kappa shape index (κ3) is 2.23. The minimum absolute atomic E-state index is 0.968. The molecule has 100 valence electrons. The lowest BCUT2D eigenvalue weighted by atomic mass is 10.0. The molecule has 0 saturated carbocycles. The van der Waals surface area contributed by atoms with Crippen molar-refractivity contribution in [3.05, 3.63) is 65.5 Å². The maximum Gasteiger partial charge on any atom is 0.145 e. The predicted octanol–water partition coefficient (Wildman–Crippen LogP) is 5.40. The summed E-state index contributed by atoms with van der Waals surface area (Å²) in [7, 11) is 1.75. The summed E-state index contributed by atoms with van der Waals surface area (Å²) in [6.45, 7) is 2.13. The van der Waals surface area contributed by atoms with E-state index in [-0.39, 0.29) is 0 Å². The van der Waals surface area contributed by atoms with Crippen molar-refractivity contribution in [2.45, 2.75) is 6.92 Å². The van der Waals surface area contributed by atoms with Crippen LogP contribution in [0.2, 0.25) is 0 Å². The monoisotopic (exact) mass is 280 g/mol. The van der Waals surface area contributed by atoms with Gasteiger partial charge in [0, 0.05) is 10.9 Å². The molecule has 0 aliphatic carbocycles. The largest absolute Gasteiger partial charge is 0.495 e. The summed E-state index contributed by atoms with van der Waals surface area (Å²) in [4.78, 5) is 1.19. The molecule has 0 N–H and O–H groups in total. The molecule has 0 amide bonds. The molecule has 0 bridgehead atoms. The van der Waals surface area contributed by atoms with Crippen LogP contribution >= 0.6 is 11.3 Å². The summed E-state index contributed by atoms with van der Waals surface area (Å²) in [5.41, 5.74) is 4.88. The molecular formula is C18H16OS. The SMILES string of the molecule is COc1c(-c2ccccc2C)csc1-c1ccccc1. The highest BCUT2D eigenvalue weighted by Gasteiger charge is 2.16. The lowest BCUT2D eigenvalue weighted by Crippen LogP contribution is -1.88. The summed E-state index contributed by atoms with van der Waals surface area (Å²) in [5.74, 6) is 0.968. The number of benzene rings is 2. The molecule has 0 radical (unpaired) electrons. The van der Waals surface area contributed by atoms with Crippen molar-refractivity contribution >= 4 is 11.3 Å². The molecule has 0 aliphatic rings. The van der Waals surface area contributed by atoms with Gasteiger partial charge in [-0.2, -0.15) is 0 Å². The van der Waals surface area contributed by atoms with E-state index in [0.29, 0.717) is 0 Å². The van der Waals surface area contributed by atoms with E-state index in [1.54, 1.807) is 18.4 Å². The molecular weight excluding hydrogens is 264 g/mol. The average Bonchev–Trinajstić information content (AvgIpc) is 2.92. The zero-order valence-electron chi connectivity index (χ0n) is 11.6. The number of aryl methyl sites for hydroxylation is 1. The molecule has 2 heteroatoms. The van der Waals surface area contributed by atoms with Crippen LogP contribution < -0.4 is 4.74 Å². The molecule has 3 rings (SSSR count). The molecule has 1 nitrogen and oxygen atoms in total. The van der Waals surface area contributed by atoms with Gasteiger partial charge in [0.1, 0.15) is 5.75 Å². The Balaban J connectivity index is 2.16.